The molecule has 2 heterocycles. The number of hydrogen-bond acceptors (Lipinski definition) is 5. The number of aromatic nitrogens is 2. The predicted octanol–water partition coefficient (Wildman–Crippen LogP) is 0.968. The molecular weight excluding hydrogens is 256 g/mol. The van der Waals surface area contributed by atoms with Crippen molar-refractivity contribution in [3.05, 3.63) is 17.8 Å². The van der Waals surface area contributed by atoms with Gasteiger partial charge >= 0.3 is 0 Å². The highest BCUT2D eigenvalue weighted by molar-refractivity contribution is 5.92. The molecule has 1 saturated heterocycles. The summed E-state index contributed by atoms with van der Waals surface area (Å²) < 4.78 is 0. The van der Waals surface area contributed by atoms with Crippen LogP contribution in [0.3, 0.4) is 0 Å². The Kier molecular flexibility index (Phi) is 5.29. The molecule has 20 heavy (non-hydrogen) atoms. The van der Waals surface area contributed by atoms with Crippen LogP contribution in [-0.4, -0.2) is 46.9 Å². The minimum Gasteiger partial charge on any atom is -0.396 e. The first-order valence-electron chi connectivity index (χ1n) is 7.25. The summed E-state index contributed by atoms with van der Waals surface area (Å²) >= 11 is 0. The van der Waals surface area contributed by atoms with Gasteiger partial charge in [0.1, 0.15) is 0 Å². The molecule has 110 valence electrons. The van der Waals surface area contributed by atoms with Crippen LogP contribution in [0.4, 0.5) is 5.82 Å². The number of aliphatic hydroxyl groups excluding tert-OH is 1. The lowest BCUT2D eigenvalue weighted by molar-refractivity contribution is 0.0950. The number of nitrogens with zero attached hydrogens (tertiary/aromatic N) is 3. The van der Waals surface area contributed by atoms with Crippen molar-refractivity contribution >= 4 is 11.7 Å². The molecule has 1 atom stereocenters. The summed E-state index contributed by atoms with van der Waals surface area (Å²) in [6.45, 7) is 3.56. The van der Waals surface area contributed by atoms with E-state index in [4.69, 9.17) is 5.11 Å². The summed E-state index contributed by atoms with van der Waals surface area (Å²) in [5, 5.41) is 20.0. The van der Waals surface area contributed by atoms with Gasteiger partial charge in [-0.05, 0) is 44.7 Å². The van der Waals surface area contributed by atoms with Gasteiger partial charge < -0.3 is 15.3 Å². The van der Waals surface area contributed by atoms with Crippen molar-refractivity contribution in [3.8, 4) is 0 Å². The van der Waals surface area contributed by atoms with Crippen LogP contribution in [0.25, 0.3) is 0 Å². The van der Waals surface area contributed by atoms with Crippen molar-refractivity contribution in [3.63, 3.8) is 0 Å². The monoisotopic (exact) mass is 278 g/mol. The van der Waals surface area contributed by atoms with E-state index in [0.717, 1.165) is 31.6 Å². The predicted molar refractivity (Wildman–Crippen MR) is 76.7 cm³/mol. The zero-order chi connectivity index (χ0) is 14.4. The van der Waals surface area contributed by atoms with Crippen molar-refractivity contribution in [2.24, 2.45) is 0 Å². The summed E-state index contributed by atoms with van der Waals surface area (Å²) in [6.07, 6.45) is 4.13. The molecule has 0 radical (unpaired) electrons. The lowest BCUT2D eigenvalue weighted by Gasteiger charge is -2.36. The fourth-order valence-electron chi connectivity index (χ4n) is 2.60. The third-order valence-electron chi connectivity index (χ3n) is 3.60. The van der Waals surface area contributed by atoms with Gasteiger partial charge in [-0.1, -0.05) is 0 Å². The normalized spacial score (nSPS) is 18.9. The van der Waals surface area contributed by atoms with Gasteiger partial charge in [0.05, 0.1) is 0 Å². The molecule has 2 N–H and O–H groups in total. The van der Waals surface area contributed by atoms with Gasteiger partial charge in [0.25, 0.3) is 5.91 Å². The molecule has 1 fully saturated rings. The van der Waals surface area contributed by atoms with Crippen LogP contribution in [0.15, 0.2) is 12.1 Å². The van der Waals surface area contributed by atoms with Crippen LogP contribution in [0.5, 0.6) is 0 Å². The molecule has 1 aliphatic rings. The third-order valence-corrected chi connectivity index (χ3v) is 3.60. The third kappa shape index (κ3) is 3.45. The van der Waals surface area contributed by atoms with E-state index in [2.05, 4.69) is 20.4 Å². The number of carbonyl (C=O) groups is 1. The fourth-order valence-corrected chi connectivity index (χ4v) is 2.60. The molecule has 1 aliphatic heterocycles. The number of piperidine rings is 1. The summed E-state index contributed by atoms with van der Waals surface area (Å²) in [4.78, 5) is 13.8. The summed E-state index contributed by atoms with van der Waals surface area (Å²) in [5.74, 6) is 0.591. The molecule has 0 aliphatic carbocycles. The van der Waals surface area contributed by atoms with Crippen molar-refractivity contribution in [2.45, 2.75) is 38.6 Å². The average molecular weight is 278 g/mol. The molecule has 1 aromatic rings. The molecule has 0 spiro atoms. The highest BCUT2D eigenvalue weighted by Gasteiger charge is 2.23. The van der Waals surface area contributed by atoms with Gasteiger partial charge in [-0.25, -0.2) is 0 Å². The van der Waals surface area contributed by atoms with Crippen molar-refractivity contribution in [1.29, 1.82) is 0 Å². The Hall–Kier alpha value is -1.69. The Morgan fingerprint density at radius 3 is 2.95 bits per heavy atom. The van der Waals surface area contributed by atoms with E-state index in [1.165, 1.54) is 6.42 Å². The van der Waals surface area contributed by atoms with E-state index in [0.29, 0.717) is 18.3 Å². The smallest absolute Gasteiger partial charge is 0.271 e. The molecule has 6 nitrogen and oxygen atoms in total. The van der Waals surface area contributed by atoms with Crippen LogP contribution in [0, 0.1) is 0 Å². The average Bonchev–Trinajstić information content (AvgIpc) is 2.49. The number of carbonyl (C=O) groups excluding carboxylic acids is 1. The van der Waals surface area contributed by atoms with Crippen LogP contribution in [0.1, 0.15) is 43.1 Å². The van der Waals surface area contributed by atoms with Gasteiger partial charge in [0.2, 0.25) is 0 Å². The lowest BCUT2D eigenvalue weighted by Crippen LogP contribution is -2.40. The Balaban J connectivity index is 2.09. The lowest BCUT2D eigenvalue weighted by atomic mass is 10.00. The maximum absolute atomic E-state index is 11.6. The molecular formula is C14H22N4O2. The van der Waals surface area contributed by atoms with E-state index in [1.54, 1.807) is 6.07 Å². The molecule has 1 aromatic heterocycles. The molecule has 0 bridgehead atoms. The number of nitrogens with one attached hydrogen (secondary N) is 1. The van der Waals surface area contributed by atoms with E-state index in [9.17, 15) is 4.79 Å². The van der Waals surface area contributed by atoms with Gasteiger partial charge in [0.15, 0.2) is 11.5 Å². The first kappa shape index (κ1) is 14.7. The van der Waals surface area contributed by atoms with E-state index in [-0.39, 0.29) is 12.5 Å². The fraction of sp³-hybridized carbons (Fsp3) is 0.643. The van der Waals surface area contributed by atoms with Gasteiger partial charge in [0, 0.05) is 25.7 Å². The molecule has 0 saturated carbocycles. The quantitative estimate of drug-likeness (QED) is 0.839. The van der Waals surface area contributed by atoms with Crippen molar-refractivity contribution in [2.75, 3.05) is 24.6 Å². The van der Waals surface area contributed by atoms with Crippen LogP contribution >= 0.6 is 0 Å². The second-order valence-corrected chi connectivity index (χ2v) is 4.99. The summed E-state index contributed by atoms with van der Waals surface area (Å²) in [7, 11) is 0. The number of rotatable bonds is 5. The van der Waals surface area contributed by atoms with Crippen LogP contribution < -0.4 is 10.2 Å². The Labute approximate surface area is 119 Å². The summed E-state index contributed by atoms with van der Waals surface area (Å²) in [6, 6.07) is 3.86. The maximum atomic E-state index is 11.6. The first-order chi connectivity index (χ1) is 9.76. The van der Waals surface area contributed by atoms with E-state index >= 15 is 0 Å². The topological polar surface area (TPSA) is 78.4 Å². The molecule has 6 heteroatoms. The minimum absolute atomic E-state index is 0.186. The largest absolute Gasteiger partial charge is 0.396 e. The number of amides is 1. The zero-order valence-electron chi connectivity index (χ0n) is 11.9. The van der Waals surface area contributed by atoms with Gasteiger partial charge in [-0.15, -0.1) is 10.2 Å². The molecule has 1 unspecified atom stereocenters. The van der Waals surface area contributed by atoms with Crippen LogP contribution in [-0.2, 0) is 0 Å². The van der Waals surface area contributed by atoms with E-state index in [1.807, 2.05) is 13.0 Å². The van der Waals surface area contributed by atoms with Crippen molar-refractivity contribution < 1.29 is 9.90 Å². The number of hydrogen-bond donors (Lipinski definition) is 2. The number of anilines is 1. The highest BCUT2D eigenvalue weighted by atomic mass is 16.3. The highest BCUT2D eigenvalue weighted by Crippen LogP contribution is 2.24. The molecule has 0 aromatic carbocycles. The van der Waals surface area contributed by atoms with E-state index < -0.39 is 0 Å². The second-order valence-electron chi connectivity index (χ2n) is 4.99. The van der Waals surface area contributed by atoms with Gasteiger partial charge in [-0.3, -0.25) is 4.79 Å². The maximum Gasteiger partial charge on any atom is 0.271 e. The number of aliphatic hydroxyl groups is 1. The standard InChI is InChI=1S/C14H22N4O2/c1-2-15-14(20)12-6-7-13(17-16-12)18-9-4-3-5-11(18)8-10-19/h6-7,11,19H,2-5,8-10H2,1H3,(H,15,20). The Morgan fingerprint density at radius 1 is 1.45 bits per heavy atom. The van der Waals surface area contributed by atoms with Crippen LogP contribution in [0.2, 0.25) is 0 Å². The first-order valence-corrected chi connectivity index (χ1v) is 7.25. The Morgan fingerprint density at radius 2 is 2.30 bits per heavy atom. The zero-order valence-corrected chi connectivity index (χ0v) is 11.9. The van der Waals surface area contributed by atoms with Crippen molar-refractivity contribution in [1.82, 2.24) is 15.5 Å². The molecule has 1 amide bonds. The second kappa shape index (κ2) is 7.19. The summed E-state index contributed by atoms with van der Waals surface area (Å²) in [5.41, 5.74) is 0.339. The Bertz CT molecular complexity index is 433. The van der Waals surface area contributed by atoms with Gasteiger partial charge in [-0.2, -0.15) is 0 Å². The minimum atomic E-state index is -0.197. The molecule has 2 rings (SSSR count). The SMILES string of the molecule is CCNC(=O)c1ccc(N2CCCCC2CCO)nn1.